The molecule has 2 aromatic rings. The molecule has 0 aliphatic heterocycles. The third-order valence-electron chi connectivity index (χ3n) is 5.01. The number of carboxylic acids is 1. The number of para-hydroxylation sites is 1. The quantitative estimate of drug-likeness (QED) is 0.770. The minimum Gasteiger partial charge on any atom is -0.480 e. The zero-order valence-electron chi connectivity index (χ0n) is 14.9. The Morgan fingerprint density at radius 3 is 2.80 bits per heavy atom. The summed E-state index contributed by atoms with van der Waals surface area (Å²) in [6, 6.07) is 11.1. The number of carbonyl (C=O) groups is 1. The second-order valence-corrected chi connectivity index (χ2v) is 6.68. The van der Waals surface area contributed by atoms with E-state index in [2.05, 4.69) is 29.5 Å². The van der Waals surface area contributed by atoms with Crippen molar-refractivity contribution in [2.45, 2.75) is 45.3 Å². The average molecular weight is 342 g/mol. The van der Waals surface area contributed by atoms with E-state index in [1.54, 1.807) is 0 Å². The molecule has 0 spiro atoms. The minimum atomic E-state index is -0.750. The van der Waals surface area contributed by atoms with Gasteiger partial charge in [-0.05, 0) is 44.0 Å². The molecule has 1 aromatic carbocycles. The summed E-state index contributed by atoms with van der Waals surface area (Å²) >= 11 is 0. The molecule has 134 valence electrons. The largest absolute Gasteiger partial charge is 0.480 e. The van der Waals surface area contributed by atoms with E-state index in [1.807, 2.05) is 40.9 Å². The number of aryl methyl sites for hydroxylation is 1. The van der Waals surface area contributed by atoms with E-state index in [0.29, 0.717) is 12.1 Å². The highest BCUT2D eigenvalue weighted by Gasteiger charge is 2.33. The molecule has 1 fully saturated rings. The topological polar surface area (TPSA) is 70.4 Å². The van der Waals surface area contributed by atoms with Crippen LogP contribution in [0.5, 0.6) is 0 Å². The van der Waals surface area contributed by atoms with Crippen molar-refractivity contribution in [3.63, 3.8) is 0 Å². The van der Waals surface area contributed by atoms with Gasteiger partial charge in [0.15, 0.2) is 0 Å². The lowest BCUT2D eigenvalue weighted by molar-refractivity contribution is -0.139. The van der Waals surface area contributed by atoms with Crippen LogP contribution in [-0.2, 0) is 11.3 Å². The van der Waals surface area contributed by atoms with Crippen molar-refractivity contribution in [2.75, 3.05) is 13.1 Å². The van der Waals surface area contributed by atoms with Crippen LogP contribution in [0.2, 0.25) is 0 Å². The van der Waals surface area contributed by atoms with E-state index < -0.39 is 5.97 Å². The maximum absolute atomic E-state index is 10.9. The fraction of sp³-hybridized carbons (Fsp3) is 0.474. The second-order valence-electron chi connectivity index (χ2n) is 6.68. The van der Waals surface area contributed by atoms with Crippen LogP contribution in [0.25, 0.3) is 5.69 Å². The fourth-order valence-corrected chi connectivity index (χ4v) is 3.46. The number of likely N-dealkylation sites (N-methyl/N-ethyl adjacent to an activating group) is 1. The molecule has 3 rings (SSSR count). The van der Waals surface area contributed by atoms with Crippen LogP contribution in [0.1, 0.15) is 31.0 Å². The van der Waals surface area contributed by atoms with Crippen molar-refractivity contribution in [1.29, 1.82) is 0 Å². The maximum Gasteiger partial charge on any atom is 0.317 e. The number of benzene rings is 1. The zero-order valence-corrected chi connectivity index (χ0v) is 14.9. The van der Waals surface area contributed by atoms with Crippen LogP contribution in [0.4, 0.5) is 0 Å². The van der Waals surface area contributed by atoms with Gasteiger partial charge in [-0.15, -0.1) is 0 Å². The molecular weight excluding hydrogens is 316 g/mol. The summed E-state index contributed by atoms with van der Waals surface area (Å²) in [5, 5.41) is 17.0. The van der Waals surface area contributed by atoms with Crippen LogP contribution < -0.4 is 5.32 Å². The Morgan fingerprint density at radius 2 is 2.12 bits per heavy atom. The van der Waals surface area contributed by atoms with Gasteiger partial charge in [-0.1, -0.05) is 25.1 Å². The van der Waals surface area contributed by atoms with E-state index in [-0.39, 0.29) is 6.54 Å². The number of aromatic nitrogens is 2. The first-order valence-corrected chi connectivity index (χ1v) is 8.86. The van der Waals surface area contributed by atoms with Crippen LogP contribution in [-0.4, -0.2) is 50.9 Å². The Kier molecular flexibility index (Phi) is 5.50. The Hall–Kier alpha value is -2.18. The first-order valence-electron chi connectivity index (χ1n) is 8.86. The molecule has 1 heterocycles. The van der Waals surface area contributed by atoms with Gasteiger partial charge in [0.05, 0.1) is 17.9 Å². The Labute approximate surface area is 148 Å². The van der Waals surface area contributed by atoms with Crippen molar-refractivity contribution in [1.82, 2.24) is 20.0 Å². The van der Waals surface area contributed by atoms with Crippen molar-refractivity contribution in [3.05, 3.63) is 47.8 Å². The Morgan fingerprint density at radius 1 is 1.36 bits per heavy atom. The highest BCUT2D eigenvalue weighted by molar-refractivity contribution is 5.69. The molecule has 0 unspecified atom stereocenters. The molecule has 1 aromatic heterocycles. The molecule has 0 radical (unpaired) electrons. The Bertz CT molecular complexity index is 722. The van der Waals surface area contributed by atoms with Crippen LogP contribution >= 0.6 is 0 Å². The number of nitrogens with zero attached hydrogens (tertiary/aromatic N) is 3. The summed E-state index contributed by atoms with van der Waals surface area (Å²) in [4.78, 5) is 12.9. The predicted molar refractivity (Wildman–Crippen MR) is 96.8 cm³/mol. The second kappa shape index (κ2) is 7.80. The molecule has 0 amide bonds. The summed E-state index contributed by atoms with van der Waals surface area (Å²) < 4.78 is 1.99. The van der Waals surface area contributed by atoms with E-state index in [9.17, 15) is 4.79 Å². The van der Waals surface area contributed by atoms with E-state index in [4.69, 9.17) is 5.11 Å². The fourth-order valence-electron chi connectivity index (χ4n) is 3.46. The molecule has 1 aliphatic carbocycles. The molecule has 0 bridgehead atoms. The van der Waals surface area contributed by atoms with Gasteiger partial charge in [-0.3, -0.25) is 9.69 Å². The monoisotopic (exact) mass is 342 g/mol. The molecule has 0 atom stereocenters. The molecule has 6 nitrogen and oxygen atoms in total. The highest BCUT2D eigenvalue weighted by Crippen LogP contribution is 2.26. The van der Waals surface area contributed by atoms with Crippen LogP contribution in [0, 0.1) is 6.92 Å². The number of aliphatic carboxylic acids is 1. The predicted octanol–water partition coefficient (Wildman–Crippen LogP) is 2.21. The molecule has 1 saturated carbocycles. The van der Waals surface area contributed by atoms with Crippen molar-refractivity contribution >= 4 is 5.97 Å². The third-order valence-corrected chi connectivity index (χ3v) is 5.01. The molecule has 2 N–H and O–H groups in total. The maximum atomic E-state index is 10.9. The summed E-state index contributed by atoms with van der Waals surface area (Å²) in [7, 11) is 0. The smallest absolute Gasteiger partial charge is 0.317 e. The highest BCUT2D eigenvalue weighted by atomic mass is 16.4. The summed E-state index contributed by atoms with van der Waals surface area (Å²) in [5.74, 6) is -0.750. The Balaban J connectivity index is 1.54. The number of rotatable bonds is 8. The molecular formula is C19H26N4O2. The number of carboxylic acid groups (broad SMARTS) is 1. The van der Waals surface area contributed by atoms with Crippen molar-refractivity contribution < 1.29 is 9.90 Å². The summed E-state index contributed by atoms with van der Waals surface area (Å²) in [6.07, 6.45) is 3.83. The number of hydrogen-bond acceptors (Lipinski definition) is 4. The lowest BCUT2D eigenvalue weighted by Crippen LogP contribution is -2.53. The van der Waals surface area contributed by atoms with Crippen molar-refractivity contribution in [3.8, 4) is 5.69 Å². The van der Waals surface area contributed by atoms with Crippen LogP contribution in [0.15, 0.2) is 36.5 Å². The van der Waals surface area contributed by atoms with Gasteiger partial charge in [0.1, 0.15) is 0 Å². The van der Waals surface area contributed by atoms with E-state index >= 15 is 0 Å². The molecule has 1 aliphatic rings. The van der Waals surface area contributed by atoms with Gasteiger partial charge < -0.3 is 10.4 Å². The first-order chi connectivity index (χ1) is 12.1. The van der Waals surface area contributed by atoms with Crippen molar-refractivity contribution in [2.24, 2.45) is 0 Å². The first kappa shape index (κ1) is 17.6. The summed E-state index contributed by atoms with van der Waals surface area (Å²) in [6.45, 7) is 5.78. The van der Waals surface area contributed by atoms with Gasteiger partial charge in [-0.25, -0.2) is 4.68 Å². The SMILES string of the molecule is CCN(CC(=O)O)C1CC(NCc2ccnn2-c2ccccc2C)C1. The minimum absolute atomic E-state index is 0.133. The van der Waals surface area contributed by atoms with Crippen LogP contribution in [0.3, 0.4) is 0 Å². The standard InChI is InChI=1S/C19H26N4O2/c1-3-22(13-19(24)25)17-10-15(11-17)20-12-16-8-9-21-23(16)18-7-5-4-6-14(18)2/h4-9,15,17,20H,3,10-13H2,1-2H3,(H,24,25). The zero-order chi connectivity index (χ0) is 17.8. The normalized spacial score (nSPS) is 19.8. The van der Waals surface area contributed by atoms with E-state index in [1.165, 1.54) is 5.56 Å². The van der Waals surface area contributed by atoms with Gasteiger partial charge in [0, 0.05) is 24.8 Å². The van der Waals surface area contributed by atoms with Gasteiger partial charge in [-0.2, -0.15) is 5.10 Å². The van der Waals surface area contributed by atoms with Gasteiger partial charge >= 0.3 is 5.97 Å². The molecule has 6 heteroatoms. The average Bonchev–Trinajstić information content (AvgIpc) is 3.00. The molecule has 25 heavy (non-hydrogen) atoms. The lowest BCUT2D eigenvalue weighted by atomic mass is 9.85. The van der Waals surface area contributed by atoms with E-state index in [0.717, 1.165) is 37.3 Å². The van der Waals surface area contributed by atoms with Gasteiger partial charge in [0.2, 0.25) is 0 Å². The molecule has 0 saturated heterocycles. The summed E-state index contributed by atoms with van der Waals surface area (Å²) in [5.41, 5.74) is 3.44. The lowest BCUT2D eigenvalue weighted by Gasteiger charge is -2.42. The number of nitrogens with one attached hydrogen (secondary N) is 1. The number of hydrogen-bond donors (Lipinski definition) is 2. The third kappa shape index (κ3) is 4.08. The van der Waals surface area contributed by atoms with Gasteiger partial charge in [0.25, 0.3) is 0 Å².